The minimum Gasteiger partial charge on any atom is -0.311 e. The maximum absolute atomic E-state index is 13.1. The van der Waals surface area contributed by atoms with Crippen molar-refractivity contribution in [3.63, 3.8) is 0 Å². The Bertz CT molecular complexity index is 1120. The second kappa shape index (κ2) is 7.51. The molecule has 0 N–H and O–H groups in total. The Morgan fingerprint density at radius 3 is 2.75 bits per heavy atom. The van der Waals surface area contributed by atoms with Crippen LogP contribution in [-0.4, -0.2) is 22.2 Å². The summed E-state index contributed by atoms with van der Waals surface area (Å²) in [6.45, 7) is 4.70. The van der Waals surface area contributed by atoms with Crippen molar-refractivity contribution in [3.05, 3.63) is 68.5 Å². The highest BCUT2D eigenvalue weighted by molar-refractivity contribution is 9.10. The third kappa shape index (κ3) is 3.37. The molecule has 0 atom stereocenters. The zero-order valence-corrected chi connectivity index (χ0v) is 17.6. The van der Waals surface area contributed by atoms with Gasteiger partial charge in [0.15, 0.2) is 0 Å². The molecule has 1 amide bonds. The van der Waals surface area contributed by atoms with Crippen LogP contribution in [0.3, 0.4) is 0 Å². The molecule has 0 saturated heterocycles. The van der Waals surface area contributed by atoms with Crippen molar-refractivity contribution in [2.24, 2.45) is 0 Å². The molecule has 1 aromatic heterocycles. The lowest BCUT2D eigenvalue weighted by Crippen LogP contribution is -2.40. The molecule has 2 aromatic carbocycles. The van der Waals surface area contributed by atoms with E-state index in [2.05, 4.69) is 27.1 Å². The van der Waals surface area contributed by atoms with Crippen molar-refractivity contribution in [3.8, 4) is 0 Å². The van der Waals surface area contributed by atoms with Gasteiger partial charge in [-0.15, -0.1) is 0 Å². The lowest BCUT2D eigenvalue weighted by atomic mass is 10.0. The van der Waals surface area contributed by atoms with Gasteiger partial charge in [0.1, 0.15) is 6.54 Å². The number of aryl methyl sites for hydroxylation is 1. The van der Waals surface area contributed by atoms with Gasteiger partial charge >= 0.3 is 0 Å². The van der Waals surface area contributed by atoms with Crippen molar-refractivity contribution in [2.75, 3.05) is 11.4 Å². The molecule has 144 valence electrons. The van der Waals surface area contributed by atoms with E-state index in [0.29, 0.717) is 11.9 Å². The summed E-state index contributed by atoms with van der Waals surface area (Å²) in [7, 11) is 0. The predicted octanol–water partition coefficient (Wildman–Crippen LogP) is 4.26. The summed E-state index contributed by atoms with van der Waals surface area (Å²) in [5, 5.41) is 5.99. The Hall–Kier alpha value is -2.47. The third-order valence-electron chi connectivity index (χ3n) is 5.19. The molecule has 0 aliphatic carbocycles. The summed E-state index contributed by atoms with van der Waals surface area (Å²) in [6, 6.07) is 13.5. The quantitative estimate of drug-likeness (QED) is 0.612. The lowest BCUT2D eigenvalue weighted by Gasteiger charge is -2.29. The molecule has 0 bridgehead atoms. The molecule has 6 heteroatoms. The largest absolute Gasteiger partial charge is 0.311 e. The molecule has 0 unspecified atom stereocenters. The van der Waals surface area contributed by atoms with E-state index in [0.717, 1.165) is 34.1 Å². The molecule has 4 rings (SSSR count). The first kappa shape index (κ1) is 18.9. The lowest BCUT2D eigenvalue weighted by molar-refractivity contribution is -0.119. The Morgan fingerprint density at radius 1 is 1.18 bits per heavy atom. The number of para-hydroxylation sites is 1. The minimum absolute atomic E-state index is 0.0567. The van der Waals surface area contributed by atoms with Gasteiger partial charge in [0.2, 0.25) is 5.91 Å². The van der Waals surface area contributed by atoms with Crippen LogP contribution in [-0.2, 0) is 17.8 Å². The number of rotatable bonds is 3. The average molecular weight is 440 g/mol. The molecule has 2 heterocycles. The number of hydrogen-bond donors (Lipinski definition) is 0. The SMILES string of the molecule is CC(C)c1nn(CC(=O)N2CCCc3ccccc32)c(=O)c2ccc(Br)cc12. The Balaban J connectivity index is 1.75. The number of amides is 1. The van der Waals surface area contributed by atoms with Crippen LogP contribution in [0.1, 0.15) is 37.4 Å². The molecule has 0 fully saturated rings. The van der Waals surface area contributed by atoms with Gasteiger partial charge in [-0.2, -0.15) is 5.10 Å². The third-order valence-corrected chi connectivity index (χ3v) is 5.69. The van der Waals surface area contributed by atoms with Gasteiger partial charge in [-0.25, -0.2) is 4.68 Å². The van der Waals surface area contributed by atoms with Gasteiger partial charge in [-0.05, 0) is 48.6 Å². The van der Waals surface area contributed by atoms with Crippen molar-refractivity contribution in [1.29, 1.82) is 0 Å². The molecular formula is C22H22BrN3O2. The zero-order valence-electron chi connectivity index (χ0n) is 16.0. The smallest absolute Gasteiger partial charge is 0.275 e. The number of carbonyl (C=O) groups is 1. The summed E-state index contributed by atoms with van der Waals surface area (Å²) in [6.07, 6.45) is 1.90. The average Bonchev–Trinajstić information content (AvgIpc) is 2.69. The molecule has 0 radical (unpaired) electrons. The highest BCUT2D eigenvalue weighted by atomic mass is 79.9. The molecule has 3 aromatic rings. The first-order chi connectivity index (χ1) is 13.5. The van der Waals surface area contributed by atoms with Crippen LogP contribution >= 0.6 is 15.9 Å². The number of fused-ring (bicyclic) bond motifs is 2. The fraction of sp³-hybridized carbons (Fsp3) is 0.318. The van der Waals surface area contributed by atoms with Gasteiger partial charge < -0.3 is 4.90 Å². The van der Waals surface area contributed by atoms with Crippen molar-refractivity contribution < 1.29 is 4.79 Å². The van der Waals surface area contributed by atoms with Crippen LogP contribution < -0.4 is 10.5 Å². The monoisotopic (exact) mass is 439 g/mol. The van der Waals surface area contributed by atoms with Crippen LogP contribution in [0.25, 0.3) is 10.8 Å². The molecule has 28 heavy (non-hydrogen) atoms. The van der Waals surface area contributed by atoms with Gasteiger partial charge in [0.05, 0.1) is 11.1 Å². The second-order valence-corrected chi connectivity index (χ2v) is 8.39. The Labute approximate surface area is 172 Å². The van der Waals surface area contributed by atoms with Gasteiger partial charge in [0, 0.05) is 22.1 Å². The zero-order chi connectivity index (χ0) is 19.8. The van der Waals surface area contributed by atoms with Gasteiger partial charge in [-0.1, -0.05) is 48.0 Å². The van der Waals surface area contributed by atoms with Crippen LogP contribution in [0.15, 0.2) is 51.7 Å². The molecular weight excluding hydrogens is 418 g/mol. The number of hydrogen-bond acceptors (Lipinski definition) is 3. The number of halogens is 1. The van der Waals surface area contributed by atoms with Crippen LogP contribution in [0, 0.1) is 0 Å². The fourth-order valence-corrected chi connectivity index (χ4v) is 4.18. The summed E-state index contributed by atoms with van der Waals surface area (Å²) in [4.78, 5) is 27.9. The summed E-state index contributed by atoms with van der Waals surface area (Å²) < 4.78 is 2.23. The molecule has 0 spiro atoms. The topological polar surface area (TPSA) is 55.2 Å². The van der Waals surface area contributed by atoms with E-state index >= 15 is 0 Å². The first-order valence-electron chi connectivity index (χ1n) is 9.54. The van der Waals surface area contributed by atoms with E-state index in [1.807, 2.05) is 44.2 Å². The van der Waals surface area contributed by atoms with Crippen LogP contribution in [0.4, 0.5) is 5.69 Å². The molecule has 5 nitrogen and oxygen atoms in total. The highest BCUT2D eigenvalue weighted by Gasteiger charge is 2.24. The summed E-state index contributed by atoms with van der Waals surface area (Å²) in [5.41, 5.74) is 2.71. The van der Waals surface area contributed by atoms with Crippen molar-refractivity contribution in [1.82, 2.24) is 9.78 Å². The normalized spacial score (nSPS) is 13.8. The van der Waals surface area contributed by atoms with Gasteiger partial charge in [0.25, 0.3) is 5.56 Å². The maximum atomic E-state index is 13.1. The highest BCUT2D eigenvalue weighted by Crippen LogP contribution is 2.27. The standard InChI is InChI=1S/C22H22BrN3O2/c1-14(2)21-18-12-16(23)9-10-17(18)22(28)26(24-21)13-20(27)25-11-5-7-15-6-3-4-8-19(15)25/h3-4,6,8-10,12,14H,5,7,11,13H2,1-2H3. The number of benzene rings is 2. The van der Waals surface area contributed by atoms with Gasteiger partial charge in [-0.3, -0.25) is 9.59 Å². The molecule has 0 saturated carbocycles. The first-order valence-corrected chi connectivity index (χ1v) is 10.3. The Morgan fingerprint density at radius 2 is 1.96 bits per heavy atom. The van der Waals surface area contributed by atoms with Crippen molar-refractivity contribution in [2.45, 2.75) is 39.2 Å². The summed E-state index contributed by atoms with van der Waals surface area (Å²) >= 11 is 3.47. The maximum Gasteiger partial charge on any atom is 0.275 e. The summed E-state index contributed by atoms with van der Waals surface area (Å²) in [5.74, 6) is 0.0300. The van der Waals surface area contributed by atoms with Crippen LogP contribution in [0.2, 0.25) is 0 Å². The molecule has 1 aliphatic heterocycles. The minimum atomic E-state index is -0.231. The van der Waals surface area contributed by atoms with E-state index in [1.54, 1.807) is 11.0 Å². The van der Waals surface area contributed by atoms with E-state index in [4.69, 9.17) is 0 Å². The van der Waals surface area contributed by atoms with E-state index in [9.17, 15) is 9.59 Å². The second-order valence-electron chi connectivity index (χ2n) is 7.47. The van der Waals surface area contributed by atoms with E-state index in [-0.39, 0.29) is 23.9 Å². The number of aromatic nitrogens is 2. The fourth-order valence-electron chi connectivity index (χ4n) is 3.82. The number of carbonyl (C=O) groups excluding carboxylic acids is 1. The van der Waals surface area contributed by atoms with E-state index in [1.165, 1.54) is 10.2 Å². The number of nitrogens with zero attached hydrogens (tertiary/aromatic N) is 3. The molecule has 1 aliphatic rings. The number of anilines is 1. The predicted molar refractivity (Wildman–Crippen MR) is 115 cm³/mol. The Kier molecular flexibility index (Phi) is 5.06. The van der Waals surface area contributed by atoms with E-state index < -0.39 is 0 Å². The van der Waals surface area contributed by atoms with Crippen LogP contribution in [0.5, 0.6) is 0 Å². The van der Waals surface area contributed by atoms with Crippen molar-refractivity contribution >= 4 is 38.3 Å².